The van der Waals surface area contributed by atoms with Gasteiger partial charge in [0.1, 0.15) is 6.33 Å². The highest BCUT2D eigenvalue weighted by atomic mass is 16.4. The maximum atomic E-state index is 11.4. The second kappa shape index (κ2) is 5.83. The molecule has 17 heavy (non-hydrogen) atoms. The van der Waals surface area contributed by atoms with E-state index in [0.29, 0.717) is 12.4 Å². The zero-order valence-electron chi connectivity index (χ0n) is 9.67. The Balaban J connectivity index is 2.40. The second-order valence-corrected chi connectivity index (χ2v) is 3.49. The minimum absolute atomic E-state index is 0.0789. The van der Waals surface area contributed by atoms with Crippen LogP contribution < -0.4 is 10.6 Å². The maximum absolute atomic E-state index is 11.4. The molecule has 0 bridgehead atoms. The van der Waals surface area contributed by atoms with Crippen molar-refractivity contribution in [2.45, 2.75) is 13.3 Å². The van der Waals surface area contributed by atoms with Crippen LogP contribution in [0.15, 0.2) is 6.33 Å². The van der Waals surface area contributed by atoms with E-state index in [1.165, 1.54) is 11.0 Å². The third-order valence-corrected chi connectivity index (χ3v) is 2.29. The Morgan fingerprint density at radius 2 is 2.29 bits per heavy atom. The van der Waals surface area contributed by atoms with E-state index in [1.54, 1.807) is 14.0 Å². The molecular weight excluding hydrogens is 226 g/mol. The second-order valence-electron chi connectivity index (χ2n) is 3.49. The van der Waals surface area contributed by atoms with E-state index in [-0.39, 0.29) is 6.54 Å². The summed E-state index contributed by atoms with van der Waals surface area (Å²) in [6.45, 7) is 1.83. The fraction of sp³-hybridized carbons (Fsp3) is 0.556. The third kappa shape index (κ3) is 3.74. The number of nitrogens with one attached hydrogen (secondary N) is 2. The molecule has 0 radical (unpaired) electrons. The summed E-state index contributed by atoms with van der Waals surface area (Å²) in [7, 11) is 1.63. The first-order valence-corrected chi connectivity index (χ1v) is 5.16. The number of hydrogen-bond donors (Lipinski definition) is 3. The van der Waals surface area contributed by atoms with Crippen LogP contribution in [-0.4, -0.2) is 38.4 Å². The maximum Gasteiger partial charge on any atom is 0.321 e. The molecule has 0 saturated carbocycles. The van der Waals surface area contributed by atoms with Gasteiger partial charge in [-0.15, -0.1) is 0 Å². The predicted octanol–water partition coefficient (Wildman–Crippen LogP) is 0.0474. The number of carbonyl (C=O) groups is 2. The van der Waals surface area contributed by atoms with Gasteiger partial charge in [-0.3, -0.25) is 10.1 Å². The van der Waals surface area contributed by atoms with Crippen molar-refractivity contribution in [2.75, 3.05) is 11.9 Å². The van der Waals surface area contributed by atoms with Crippen molar-refractivity contribution < 1.29 is 14.7 Å². The first-order chi connectivity index (χ1) is 8.04. The monoisotopic (exact) mass is 241 g/mol. The van der Waals surface area contributed by atoms with E-state index >= 15 is 0 Å². The number of carbonyl (C=O) groups excluding carboxylic acids is 1. The number of rotatable bonds is 5. The molecule has 0 fully saturated rings. The molecule has 1 rings (SSSR count). The average molecular weight is 241 g/mol. The summed E-state index contributed by atoms with van der Waals surface area (Å²) < 4.78 is 1.40. The number of carboxylic acid groups (broad SMARTS) is 1. The summed E-state index contributed by atoms with van der Waals surface area (Å²) >= 11 is 0. The normalized spacial score (nSPS) is 11.9. The molecule has 1 atom stereocenters. The number of nitrogens with zero attached hydrogens (tertiary/aromatic N) is 3. The van der Waals surface area contributed by atoms with E-state index in [2.05, 4.69) is 20.7 Å². The van der Waals surface area contributed by atoms with Crippen LogP contribution in [0.3, 0.4) is 0 Å². The molecule has 0 aliphatic rings. The minimum atomic E-state index is -0.925. The SMILES string of the molecule is CCC(CNC(=O)Nc1ncnn1C)C(=O)O. The molecule has 8 heteroatoms. The molecule has 1 aromatic rings. The first-order valence-electron chi connectivity index (χ1n) is 5.16. The van der Waals surface area contributed by atoms with Gasteiger partial charge in [0.15, 0.2) is 0 Å². The number of aliphatic carboxylic acids is 1. The first kappa shape index (κ1) is 12.9. The quantitative estimate of drug-likeness (QED) is 0.674. The van der Waals surface area contributed by atoms with Crippen molar-refractivity contribution in [3.63, 3.8) is 0 Å². The molecule has 2 amide bonds. The van der Waals surface area contributed by atoms with Gasteiger partial charge in [0, 0.05) is 13.6 Å². The number of urea groups is 1. The van der Waals surface area contributed by atoms with Gasteiger partial charge in [0.2, 0.25) is 5.95 Å². The van der Waals surface area contributed by atoms with E-state index in [4.69, 9.17) is 5.11 Å². The molecule has 0 aliphatic heterocycles. The molecule has 1 unspecified atom stereocenters. The van der Waals surface area contributed by atoms with Crippen LogP contribution in [0.4, 0.5) is 10.7 Å². The smallest absolute Gasteiger partial charge is 0.321 e. The molecule has 0 aliphatic carbocycles. The van der Waals surface area contributed by atoms with Crippen molar-refractivity contribution in [3.05, 3.63) is 6.33 Å². The van der Waals surface area contributed by atoms with Crippen molar-refractivity contribution in [3.8, 4) is 0 Å². The van der Waals surface area contributed by atoms with Crippen LogP contribution in [0.25, 0.3) is 0 Å². The lowest BCUT2D eigenvalue weighted by atomic mass is 10.1. The van der Waals surface area contributed by atoms with Crippen LogP contribution in [0.5, 0.6) is 0 Å². The molecule has 3 N–H and O–H groups in total. The summed E-state index contributed by atoms with van der Waals surface area (Å²) in [5, 5.41) is 17.5. The molecule has 8 nitrogen and oxygen atoms in total. The molecule has 0 spiro atoms. The van der Waals surface area contributed by atoms with Gasteiger partial charge in [0.25, 0.3) is 0 Å². The van der Waals surface area contributed by atoms with E-state index in [0.717, 1.165) is 0 Å². The standard InChI is InChI=1S/C9H15N5O3/c1-3-6(7(15)16)4-10-9(17)13-8-11-5-12-14(8)2/h5-6H,3-4H2,1-2H3,(H,15,16)(H2,10,11,12,13,17). The molecular formula is C9H15N5O3. The van der Waals surface area contributed by atoms with Crippen LogP contribution >= 0.6 is 0 Å². The predicted molar refractivity (Wildman–Crippen MR) is 59.4 cm³/mol. The zero-order chi connectivity index (χ0) is 12.8. The van der Waals surface area contributed by atoms with Crippen LogP contribution in [-0.2, 0) is 11.8 Å². The van der Waals surface area contributed by atoms with Gasteiger partial charge < -0.3 is 10.4 Å². The highest BCUT2D eigenvalue weighted by molar-refractivity contribution is 5.87. The Kier molecular flexibility index (Phi) is 4.44. The lowest BCUT2D eigenvalue weighted by Crippen LogP contribution is -2.36. The molecule has 0 saturated heterocycles. The fourth-order valence-corrected chi connectivity index (χ4v) is 1.18. The zero-order valence-corrected chi connectivity index (χ0v) is 9.67. The van der Waals surface area contributed by atoms with Crippen molar-refractivity contribution in [2.24, 2.45) is 13.0 Å². The summed E-state index contributed by atoms with van der Waals surface area (Å²) in [6, 6.07) is -0.499. The van der Waals surface area contributed by atoms with Crippen molar-refractivity contribution in [1.29, 1.82) is 0 Å². The van der Waals surface area contributed by atoms with Gasteiger partial charge in [-0.1, -0.05) is 6.92 Å². The number of amides is 2. The molecule has 1 aromatic heterocycles. The number of anilines is 1. The summed E-state index contributed by atoms with van der Waals surface area (Å²) in [5.74, 6) is -1.21. The van der Waals surface area contributed by atoms with Gasteiger partial charge in [-0.2, -0.15) is 10.1 Å². The van der Waals surface area contributed by atoms with Gasteiger partial charge >= 0.3 is 12.0 Å². The lowest BCUT2D eigenvalue weighted by Gasteiger charge is -2.11. The van der Waals surface area contributed by atoms with Gasteiger partial charge in [0.05, 0.1) is 5.92 Å². The average Bonchev–Trinajstić information content (AvgIpc) is 2.65. The number of carboxylic acids is 1. The van der Waals surface area contributed by atoms with Crippen molar-refractivity contribution >= 4 is 17.9 Å². The Labute approximate surface area is 98.0 Å². The Hall–Kier alpha value is -2.12. The molecule has 1 heterocycles. The Bertz CT molecular complexity index is 403. The Morgan fingerprint density at radius 3 is 2.76 bits per heavy atom. The van der Waals surface area contributed by atoms with E-state index in [9.17, 15) is 9.59 Å². The third-order valence-electron chi connectivity index (χ3n) is 2.29. The number of aromatic nitrogens is 3. The summed E-state index contributed by atoms with van der Waals surface area (Å²) in [4.78, 5) is 25.9. The highest BCUT2D eigenvalue weighted by Crippen LogP contribution is 2.01. The summed E-state index contributed by atoms with van der Waals surface area (Å²) in [5.41, 5.74) is 0. The number of hydrogen-bond acceptors (Lipinski definition) is 4. The van der Waals surface area contributed by atoms with Gasteiger partial charge in [-0.05, 0) is 6.42 Å². The van der Waals surface area contributed by atoms with E-state index < -0.39 is 17.9 Å². The highest BCUT2D eigenvalue weighted by Gasteiger charge is 2.16. The van der Waals surface area contributed by atoms with Gasteiger partial charge in [-0.25, -0.2) is 9.48 Å². The largest absolute Gasteiger partial charge is 0.481 e. The lowest BCUT2D eigenvalue weighted by molar-refractivity contribution is -0.141. The molecule has 0 aromatic carbocycles. The Morgan fingerprint density at radius 1 is 1.59 bits per heavy atom. The topological polar surface area (TPSA) is 109 Å². The minimum Gasteiger partial charge on any atom is -0.481 e. The van der Waals surface area contributed by atoms with Crippen LogP contribution in [0, 0.1) is 5.92 Å². The van der Waals surface area contributed by atoms with E-state index in [1.807, 2.05) is 0 Å². The summed E-state index contributed by atoms with van der Waals surface area (Å²) in [6.07, 6.45) is 1.77. The molecule has 94 valence electrons. The van der Waals surface area contributed by atoms with Crippen molar-refractivity contribution in [1.82, 2.24) is 20.1 Å². The van der Waals surface area contributed by atoms with Crippen LogP contribution in [0.2, 0.25) is 0 Å². The number of aryl methyl sites for hydroxylation is 1. The fourth-order valence-electron chi connectivity index (χ4n) is 1.18. The van der Waals surface area contributed by atoms with Crippen LogP contribution in [0.1, 0.15) is 13.3 Å².